The molecule has 2 N–H and O–H groups in total. The van der Waals surface area contributed by atoms with Crippen molar-refractivity contribution in [2.75, 3.05) is 5.73 Å². The van der Waals surface area contributed by atoms with Gasteiger partial charge in [0.1, 0.15) is 0 Å². The Bertz CT molecular complexity index is 390. The lowest BCUT2D eigenvalue weighted by Crippen LogP contribution is -1.95. The highest BCUT2D eigenvalue weighted by molar-refractivity contribution is 5.59. The van der Waals surface area contributed by atoms with E-state index in [0.717, 1.165) is 11.3 Å². The molecule has 0 unspecified atom stereocenters. The van der Waals surface area contributed by atoms with E-state index >= 15 is 0 Å². The predicted octanol–water partition coefficient (Wildman–Crippen LogP) is 0.620. The van der Waals surface area contributed by atoms with Gasteiger partial charge in [0.15, 0.2) is 11.5 Å². The van der Waals surface area contributed by atoms with Crippen LogP contribution in [0.5, 0.6) is 0 Å². The number of rotatable bonds is 0. The molecule has 2 heterocycles. The van der Waals surface area contributed by atoms with Crippen molar-refractivity contribution in [2.24, 2.45) is 0 Å². The van der Waals surface area contributed by atoms with Crippen LogP contribution in [0.2, 0.25) is 0 Å². The summed E-state index contributed by atoms with van der Waals surface area (Å²) in [5.74, 6) is 0.473. The zero-order valence-electron chi connectivity index (χ0n) is 6.15. The topological polar surface area (TPSA) is 56.2 Å². The van der Waals surface area contributed by atoms with Gasteiger partial charge in [0.2, 0.25) is 0 Å². The summed E-state index contributed by atoms with van der Waals surface area (Å²) in [6, 6.07) is 0. The molecule has 0 fully saturated rings. The molecule has 0 saturated carbocycles. The van der Waals surface area contributed by atoms with E-state index in [1.807, 2.05) is 17.5 Å². The molecule has 0 atom stereocenters. The Hall–Kier alpha value is -1.58. The molecule has 4 nitrogen and oxygen atoms in total. The van der Waals surface area contributed by atoms with E-state index in [0.29, 0.717) is 5.82 Å². The van der Waals surface area contributed by atoms with Crippen molar-refractivity contribution in [3.05, 3.63) is 24.3 Å². The van der Waals surface area contributed by atoms with Gasteiger partial charge < -0.3 is 5.73 Å². The molecule has 2 aromatic heterocycles. The predicted molar refractivity (Wildman–Crippen MR) is 42.1 cm³/mol. The smallest absolute Gasteiger partial charge is 0.180 e. The van der Waals surface area contributed by atoms with Gasteiger partial charge in [-0.15, -0.1) is 0 Å². The summed E-state index contributed by atoms with van der Waals surface area (Å²) in [7, 11) is 0. The number of nitrogen functional groups attached to an aromatic ring is 1. The maximum Gasteiger partial charge on any atom is 0.180 e. The average molecular weight is 148 g/mol. The standard InChI is InChI=1S/C7H8N4/c1-5-4-10-7-6(8)9-2-3-11(5)7/h2-4H,1H3,(H2,8,9). The Morgan fingerprint density at radius 2 is 2.27 bits per heavy atom. The highest BCUT2D eigenvalue weighted by Gasteiger charge is 2.00. The third-order valence-corrected chi connectivity index (χ3v) is 1.64. The van der Waals surface area contributed by atoms with Gasteiger partial charge in [-0.2, -0.15) is 0 Å². The Morgan fingerprint density at radius 3 is 3.00 bits per heavy atom. The van der Waals surface area contributed by atoms with Gasteiger partial charge in [0.05, 0.1) is 0 Å². The number of imidazole rings is 1. The molecule has 0 aliphatic carbocycles. The molecule has 56 valence electrons. The van der Waals surface area contributed by atoms with Gasteiger partial charge in [0.25, 0.3) is 0 Å². The summed E-state index contributed by atoms with van der Waals surface area (Å²) in [6.45, 7) is 1.97. The first-order valence-corrected chi connectivity index (χ1v) is 3.33. The van der Waals surface area contributed by atoms with Crippen LogP contribution in [-0.4, -0.2) is 14.4 Å². The van der Waals surface area contributed by atoms with Gasteiger partial charge in [-0.1, -0.05) is 0 Å². The van der Waals surface area contributed by atoms with Gasteiger partial charge >= 0.3 is 0 Å². The van der Waals surface area contributed by atoms with E-state index < -0.39 is 0 Å². The maximum absolute atomic E-state index is 5.58. The van der Waals surface area contributed by atoms with Crippen molar-refractivity contribution in [1.82, 2.24) is 14.4 Å². The summed E-state index contributed by atoms with van der Waals surface area (Å²) in [4.78, 5) is 8.01. The Morgan fingerprint density at radius 1 is 1.45 bits per heavy atom. The Kier molecular flexibility index (Phi) is 1.09. The van der Waals surface area contributed by atoms with Crippen molar-refractivity contribution in [1.29, 1.82) is 0 Å². The van der Waals surface area contributed by atoms with Crippen LogP contribution in [-0.2, 0) is 0 Å². The van der Waals surface area contributed by atoms with Gasteiger partial charge in [0, 0.05) is 24.3 Å². The molecule has 0 aromatic carbocycles. The molecule has 0 amide bonds. The van der Waals surface area contributed by atoms with E-state index in [9.17, 15) is 0 Å². The fraction of sp³-hybridized carbons (Fsp3) is 0.143. The summed E-state index contributed by atoms with van der Waals surface area (Å²) >= 11 is 0. The van der Waals surface area contributed by atoms with Gasteiger partial charge in [-0.25, -0.2) is 9.97 Å². The summed E-state index contributed by atoms with van der Waals surface area (Å²) < 4.78 is 1.91. The van der Waals surface area contributed by atoms with Crippen molar-refractivity contribution < 1.29 is 0 Å². The van der Waals surface area contributed by atoms with Crippen molar-refractivity contribution in [3.8, 4) is 0 Å². The van der Waals surface area contributed by atoms with E-state index in [-0.39, 0.29) is 0 Å². The molecule has 2 aromatic rings. The zero-order chi connectivity index (χ0) is 7.84. The quantitative estimate of drug-likeness (QED) is 0.595. The maximum atomic E-state index is 5.58. The first-order chi connectivity index (χ1) is 5.29. The summed E-state index contributed by atoms with van der Waals surface area (Å²) in [5, 5.41) is 0. The van der Waals surface area contributed by atoms with Crippen LogP contribution in [0.4, 0.5) is 5.82 Å². The number of hydrogen-bond donors (Lipinski definition) is 1. The third-order valence-electron chi connectivity index (χ3n) is 1.64. The largest absolute Gasteiger partial charge is 0.381 e. The highest BCUT2D eigenvalue weighted by atomic mass is 15.1. The fourth-order valence-electron chi connectivity index (χ4n) is 1.06. The Balaban J connectivity index is 2.94. The second-order valence-corrected chi connectivity index (χ2v) is 2.41. The molecule has 0 bridgehead atoms. The van der Waals surface area contributed by atoms with Crippen LogP contribution in [0.3, 0.4) is 0 Å². The van der Waals surface area contributed by atoms with Gasteiger partial charge in [-0.05, 0) is 6.92 Å². The van der Waals surface area contributed by atoms with E-state index in [1.54, 1.807) is 12.4 Å². The fourth-order valence-corrected chi connectivity index (χ4v) is 1.06. The molecule has 11 heavy (non-hydrogen) atoms. The van der Waals surface area contributed by atoms with Crippen LogP contribution in [0.15, 0.2) is 18.6 Å². The molecule has 0 spiro atoms. The summed E-state index contributed by atoms with van der Waals surface area (Å²) in [5.41, 5.74) is 7.37. The lowest BCUT2D eigenvalue weighted by Gasteiger charge is -1.96. The van der Waals surface area contributed by atoms with Crippen LogP contribution >= 0.6 is 0 Å². The van der Waals surface area contributed by atoms with E-state index in [1.165, 1.54) is 0 Å². The Labute approximate surface area is 63.7 Å². The van der Waals surface area contributed by atoms with Crippen molar-refractivity contribution >= 4 is 11.5 Å². The van der Waals surface area contributed by atoms with E-state index in [2.05, 4.69) is 9.97 Å². The molecule has 0 aliphatic rings. The zero-order valence-corrected chi connectivity index (χ0v) is 6.15. The van der Waals surface area contributed by atoms with Crippen molar-refractivity contribution in [3.63, 3.8) is 0 Å². The normalized spacial score (nSPS) is 10.6. The molecule has 4 heteroatoms. The number of fused-ring (bicyclic) bond motifs is 1. The van der Waals surface area contributed by atoms with Crippen LogP contribution in [0, 0.1) is 6.92 Å². The minimum absolute atomic E-state index is 0.473. The minimum atomic E-state index is 0.473. The number of aryl methyl sites for hydroxylation is 1. The molecule has 0 aliphatic heterocycles. The highest BCUT2D eigenvalue weighted by Crippen LogP contribution is 2.08. The van der Waals surface area contributed by atoms with E-state index in [4.69, 9.17) is 5.73 Å². The molecule has 0 saturated heterocycles. The number of nitrogens with zero attached hydrogens (tertiary/aromatic N) is 3. The van der Waals surface area contributed by atoms with Crippen LogP contribution in [0.25, 0.3) is 5.65 Å². The lowest BCUT2D eigenvalue weighted by molar-refractivity contribution is 1.08. The minimum Gasteiger partial charge on any atom is -0.381 e. The number of nitrogens with two attached hydrogens (primary N) is 1. The number of hydrogen-bond acceptors (Lipinski definition) is 3. The lowest BCUT2D eigenvalue weighted by atomic mass is 10.5. The van der Waals surface area contributed by atoms with Crippen LogP contribution in [0.1, 0.15) is 5.69 Å². The molecular weight excluding hydrogens is 140 g/mol. The monoisotopic (exact) mass is 148 g/mol. The number of aromatic nitrogens is 3. The van der Waals surface area contributed by atoms with Gasteiger partial charge in [-0.3, -0.25) is 4.40 Å². The molecular formula is C7H8N4. The molecule has 2 rings (SSSR count). The average Bonchev–Trinajstić information content (AvgIpc) is 2.35. The SMILES string of the molecule is Cc1cnc2c(N)nccn12. The third kappa shape index (κ3) is 0.756. The molecule has 0 radical (unpaired) electrons. The van der Waals surface area contributed by atoms with Crippen LogP contribution < -0.4 is 5.73 Å². The second kappa shape index (κ2) is 1.95. The summed E-state index contributed by atoms with van der Waals surface area (Å²) in [6.07, 6.45) is 5.28. The number of anilines is 1. The first-order valence-electron chi connectivity index (χ1n) is 3.33. The first kappa shape index (κ1) is 6.15. The van der Waals surface area contributed by atoms with Crippen molar-refractivity contribution in [2.45, 2.75) is 6.92 Å². The second-order valence-electron chi connectivity index (χ2n) is 2.41.